The average Bonchev–Trinajstić information content (AvgIpc) is 2.28. The Morgan fingerprint density at radius 2 is 2.07 bits per heavy atom. The van der Waals surface area contributed by atoms with E-state index in [2.05, 4.69) is 12.2 Å². The molecule has 0 fully saturated rings. The molecule has 0 unspecified atom stereocenters. The zero-order valence-electron chi connectivity index (χ0n) is 9.07. The Kier molecular flexibility index (Phi) is 5.23. The van der Waals surface area contributed by atoms with Crippen molar-refractivity contribution in [3.8, 4) is 0 Å². The molecule has 2 nitrogen and oxygen atoms in total. The lowest BCUT2D eigenvalue weighted by Gasteiger charge is -1.99. The molecule has 1 aromatic carbocycles. The molecule has 1 rings (SSSR count). The summed E-state index contributed by atoms with van der Waals surface area (Å²) in [6, 6.07) is 9.80. The first-order valence-electron chi connectivity index (χ1n) is 5.34. The van der Waals surface area contributed by atoms with E-state index in [1.54, 1.807) is 6.08 Å². The number of nitrogens with one attached hydrogen (secondary N) is 1. The van der Waals surface area contributed by atoms with Gasteiger partial charge in [-0.15, -0.1) is 0 Å². The van der Waals surface area contributed by atoms with E-state index in [4.69, 9.17) is 0 Å². The molecule has 1 N–H and O–H groups in total. The Balaban J connectivity index is 2.34. The van der Waals surface area contributed by atoms with Gasteiger partial charge in [-0.05, 0) is 18.1 Å². The maximum absolute atomic E-state index is 11.3. The molecule has 0 bridgehead atoms. The molecule has 0 atom stereocenters. The summed E-state index contributed by atoms with van der Waals surface area (Å²) in [6.45, 7) is 2.86. The Labute approximate surface area is 91.0 Å². The predicted octanol–water partition coefficient (Wildman–Crippen LogP) is 2.62. The van der Waals surface area contributed by atoms with Crippen LogP contribution in [0.1, 0.15) is 25.3 Å². The van der Waals surface area contributed by atoms with Crippen LogP contribution in [-0.2, 0) is 4.79 Å². The second-order valence-corrected chi connectivity index (χ2v) is 3.39. The van der Waals surface area contributed by atoms with E-state index in [0.29, 0.717) is 0 Å². The first-order chi connectivity index (χ1) is 7.33. The molecule has 0 aliphatic carbocycles. The third-order valence-corrected chi connectivity index (χ3v) is 2.06. The van der Waals surface area contributed by atoms with Crippen LogP contribution in [0.15, 0.2) is 36.4 Å². The Bertz CT molecular complexity index is 317. The van der Waals surface area contributed by atoms with Crippen molar-refractivity contribution in [3.05, 3.63) is 42.0 Å². The molecular formula is C13H17NO. The predicted molar refractivity (Wildman–Crippen MR) is 63.4 cm³/mol. The van der Waals surface area contributed by atoms with Crippen molar-refractivity contribution >= 4 is 12.0 Å². The van der Waals surface area contributed by atoms with Crippen LogP contribution in [0.3, 0.4) is 0 Å². The fourth-order valence-corrected chi connectivity index (χ4v) is 1.18. The lowest BCUT2D eigenvalue weighted by Crippen LogP contribution is -2.21. The van der Waals surface area contributed by atoms with Crippen molar-refractivity contribution in [3.63, 3.8) is 0 Å². The van der Waals surface area contributed by atoms with E-state index < -0.39 is 0 Å². The monoisotopic (exact) mass is 203 g/mol. The minimum absolute atomic E-state index is 0.0210. The Morgan fingerprint density at radius 3 is 2.73 bits per heavy atom. The number of benzene rings is 1. The van der Waals surface area contributed by atoms with Crippen LogP contribution < -0.4 is 5.32 Å². The highest BCUT2D eigenvalue weighted by atomic mass is 16.1. The van der Waals surface area contributed by atoms with Gasteiger partial charge in [-0.3, -0.25) is 4.79 Å². The number of rotatable bonds is 5. The molecule has 0 aliphatic heterocycles. The molecule has 0 saturated heterocycles. The number of amides is 1. The van der Waals surface area contributed by atoms with E-state index in [1.807, 2.05) is 36.4 Å². The van der Waals surface area contributed by atoms with Crippen LogP contribution in [0.2, 0.25) is 0 Å². The minimum atomic E-state index is -0.0210. The standard InChI is InChI=1S/C13H17NO/c1-2-3-11-14-13(15)10-9-12-7-5-4-6-8-12/h4-10H,2-3,11H2,1H3,(H,14,15)/b10-9+. The van der Waals surface area contributed by atoms with Gasteiger partial charge >= 0.3 is 0 Å². The summed E-state index contributed by atoms with van der Waals surface area (Å²) < 4.78 is 0. The fourth-order valence-electron chi connectivity index (χ4n) is 1.18. The summed E-state index contributed by atoms with van der Waals surface area (Å²) in [6.07, 6.45) is 5.53. The number of carbonyl (C=O) groups is 1. The number of hydrogen-bond acceptors (Lipinski definition) is 1. The molecule has 0 saturated carbocycles. The van der Waals surface area contributed by atoms with E-state index in [0.717, 1.165) is 24.9 Å². The molecule has 80 valence electrons. The normalized spacial score (nSPS) is 10.5. The van der Waals surface area contributed by atoms with Crippen LogP contribution in [0.4, 0.5) is 0 Å². The van der Waals surface area contributed by atoms with Crippen molar-refractivity contribution < 1.29 is 4.79 Å². The zero-order valence-corrected chi connectivity index (χ0v) is 9.07. The van der Waals surface area contributed by atoms with Crippen molar-refractivity contribution in [2.75, 3.05) is 6.54 Å². The summed E-state index contributed by atoms with van der Waals surface area (Å²) in [5.41, 5.74) is 1.04. The van der Waals surface area contributed by atoms with Gasteiger partial charge in [0.25, 0.3) is 0 Å². The molecular weight excluding hydrogens is 186 g/mol. The van der Waals surface area contributed by atoms with Gasteiger partial charge in [0, 0.05) is 12.6 Å². The van der Waals surface area contributed by atoms with Gasteiger partial charge in [0.2, 0.25) is 5.91 Å². The van der Waals surface area contributed by atoms with E-state index in [9.17, 15) is 4.79 Å². The van der Waals surface area contributed by atoms with Crippen molar-refractivity contribution in [2.45, 2.75) is 19.8 Å². The highest BCUT2D eigenvalue weighted by Crippen LogP contribution is 2.00. The molecule has 1 amide bonds. The van der Waals surface area contributed by atoms with Crippen molar-refractivity contribution in [1.29, 1.82) is 0 Å². The van der Waals surface area contributed by atoms with Crippen LogP contribution in [0.5, 0.6) is 0 Å². The first-order valence-corrected chi connectivity index (χ1v) is 5.34. The zero-order chi connectivity index (χ0) is 10.9. The Hall–Kier alpha value is -1.57. The van der Waals surface area contributed by atoms with Gasteiger partial charge in [-0.25, -0.2) is 0 Å². The molecule has 0 aromatic heterocycles. The topological polar surface area (TPSA) is 29.1 Å². The van der Waals surface area contributed by atoms with Gasteiger partial charge in [0.1, 0.15) is 0 Å². The van der Waals surface area contributed by atoms with Gasteiger partial charge < -0.3 is 5.32 Å². The van der Waals surface area contributed by atoms with Crippen LogP contribution in [-0.4, -0.2) is 12.5 Å². The minimum Gasteiger partial charge on any atom is -0.353 e. The summed E-state index contributed by atoms with van der Waals surface area (Å²) in [4.78, 5) is 11.3. The van der Waals surface area contributed by atoms with Crippen LogP contribution in [0, 0.1) is 0 Å². The number of hydrogen-bond donors (Lipinski definition) is 1. The van der Waals surface area contributed by atoms with Crippen LogP contribution >= 0.6 is 0 Å². The molecule has 0 spiro atoms. The third-order valence-electron chi connectivity index (χ3n) is 2.06. The maximum atomic E-state index is 11.3. The van der Waals surface area contributed by atoms with E-state index in [-0.39, 0.29) is 5.91 Å². The first kappa shape index (κ1) is 11.5. The molecule has 0 aliphatic rings. The molecule has 1 aromatic rings. The lowest BCUT2D eigenvalue weighted by atomic mass is 10.2. The third kappa shape index (κ3) is 5.01. The van der Waals surface area contributed by atoms with E-state index >= 15 is 0 Å². The molecule has 2 heteroatoms. The second-order valence-electron chi connectivity index (χ2n) is 3.39. The number of unbranched alkanes of at least 4 members (excludes halogenated alkanes) is 1. The molecule has 0 radical (unpaired) electrons. The molecule has 15 heavy (non-hydrogen) atoms. The van der Waals surface area contributed by atoms with Gasteiger partial charge in [0.15, 0.2) is 0 Å². The summed E-state index contributed by atoms with van der Waals surface area (Å²) in [5.74, 6) is -0.0210. The lowest BCUT2D eigenvalue weighted by molar-refractivity contribution is -0.116. The smallest absolute Gasteiger partial charge is 0.243 e. The average molecular weight is 203 g/mol. The summed E-state index contributed by atoms with van der Waals surface area (Å²) in [5, 5.41) is 2.83. The molecule has 0 heterocycles. The quantitative estimate of drug-likeness (QED) is 0.578. The fraction of sp³-hybridized carbons (Fsp3) is 0.308. The number of carbonyl (C=O) groups excluding carboxylic acids is 1. The van der Waals surface area contributed by atoms with Gasteiger partial charge in [0.05, 0.1) is 0 Å². The highest BCUT2D eigenvalue weighted by molar-refractivity contribution is 5.91. The maximum Gasteiger partial charge on any atom is 0.243 e. The second kappa shape index (κ2) is 6.82. The SMILES string of the molecule is CCCCNC(=O)/C=C/c1ccccc1. The van der Waals surface area contributed by atoms with Crippen molar-refractivity contribution in [1.82, 2.24) is 5.32 Å². The van der Waals surface area contributed by atoms with E-state index in [1.165, 1.54) is 0 Å². The van der Waals surface area contributed by atoms with Crippen molar-refractivity contribution in [2.24, 2.45) is 0 Å². The Morgan fingerprint density at radius 1 is 1.33 bits per heavy atom. The highest BCUT2D eigenvalue weighted by Gasteiger charge is 1.92. The van der Waals surface area contributed by atoms with Gasteiger partial charge in [-0.2, -0.15) is 0 Å². The summed E-state index contributed by atoms with van der Waals surface area (Å²) >= 11 is 0. The largest absolute Gasteiger partial charge is 0.353 e. The van der Waals surface area contributed by atoms with Crippen LogP contribution in [0.25, 0.3) is 6.08 Å². The summed E-state index contributed by atoms with van der Waals surface area (Å²) in [7, 11) is 0. The van der Waals surface area contributed by atoms with Gasteiger partial charge in [-0.1, -0.05) is 43.7 Å².